The van der Waals surface area contributed by atoms with Gasteiger partial charge in [-0.2, -0.15) is 0 Å². The minimum Gasteiger partial charge on any atom is -0.336 e. The molecule has 0 aliphatic carbocycles. The van der Waals surface area contributed by atoms with Crippen LogP contribution in [0.2, 0.25) is 0 Å². The predicted molar refractivity (Wildman–Crippen MR) is 59.5 cm³/mol. The van der Waals surface area contributed by atoms with Crippen LogP contribution in [-0.2, 0) is 0 Å². The van der Waals surface area contributed by atoms with E-state index < -0.39 is 0 Å². The van der Waals surface area contributed by atoms with E-state index in [4.69, 9.17) is 11.5 Å². The molecule has 1 fully saturated rings. The van der Waals surface area contributed by atoms with Crippen LogP contribution in [0.4, 0.5) is 4.79 Å². The molecule has 6 heteroatoms. The van der Waals surface area contributed by atoms with E-state index >= 15 is 0 Å². The van der Waals surface area contributed by atoms with E-state index in [9.17, 15) is 4.79 Å². The van der Waals surface area contributed by atoms with E-state index in [1.807, 2.05) is 4.90 Å². The number of nitrogens with one attached hydrogen (secondary N) is 1. The molecule has 0 unspecified atom stereocenters. The third-order valence-electron chi connectivity index (χ3n) is 2.52. The molecule has 88 valence electrons. The third kappa shape index (κ3) is 4.03. The molecule has 0 radical (unpaired) electrons. The topological polar surface area (TPSA) is 87.6 Å². The van der Waals surface area contributed by atoms with Crippen molar-refractivity contribution >= 4 is 6.03 Å². The normalized spacial score (nSPS) is 16.2. The fourth-order valence-electron chi connectivity index (χ4n) is 1.69. The van der Waals surface area contributed by atoms with Crippen molar-refractivity contribution in [2.45, 2.75) is 0 Å². The molecule has 1 aliphatic rings. The minimum absolute atomic E-state index is 0.0375. The smallest absolute Gasteiger partial charge is 0.317 e. The maximum Gasteiger partial charge on any atom is 0.317 e. The number of hydrogen-bond acceptors (Lipinski definition) is 4. The third-order valence-corrected chi connectivity index (χ3v) is 2.52. The largest absolute Gasteiger partial charge is 0.336 e. The van der Waals surface area contributed by atoms with Crippen LogP contribution in [-0.4, -0.2) is 68.2 Å². The zero-order valence-corrected chi connectivity index (χ0v) is 9.11. The first-order valence-corrected chi connectivity index (χ1v) is 5.43. The van der Waals surface area contributed by atoms with Crippen molar-refractivity contribution in [1.29, 1.82) is 0 Å². The van der Waals surface area contributed by atoms with E-state index in [1.165, 1.54) is 0 Å². The van der Waals surface area contributed by atoms with Crippen LogP contribution in [0.15, 0.2) is 0 Å². The van der Waals surface area contributed by atoms with Gasteiger partial charge in [-0.3, -0.25) is 4.90 Å². The summed E-state index contributed by atoms with van der Waals surface area (Å²) in [6, 6.07) is 0.0375. The number of nitrogens with two attached hydrogens (primary N) is 2. The second-order valence-corrected chi connectivity index (χ2v) is 3.64. The van der Waals surface area contributed by atoms with Crippen molar-refractivity contribution in [3.8, 4) is 0 Å². The number of rotatable bonds is 7. The number of carbonyl (C=O) groups is 1. The van der Waals surface area contributed by atoms with Crippen molar-refractivity contribution in [2.75, 3.05) is 52.4 Å². The molecule has 0 aromatic rings. The lowest BCUT2D eigenvalue weighted by Crippen LogP contribution is -2.40. The summed E-state index contributed by atoms with van der Waals surface area (Å²) in [6.45, 7) is 6.11. The number of urea groups is 1. The summed E-state index contributed by atoms with van der Waals surface area (Å²) in [5, 5.41) is 2.78. The molecule has 0 atom stereocenters. The maximum absolute atomic E-state index is 11.2. The molecule has 0 spiro atoms. The van der Waals surface area contributed by atoms with Crippen molar-refractivity contribution in [3.05, 3.63) is 0 Å². The van der Waals surface area contributed by atoms with E-state index in [-0.39, 0.29) is 6.03 Å². The van der Waals surface area contributed by atoms with Gasteiger partial charge in [0, 0.05) is 52.4 Å². The highest BCUT2D eigenvalue weighted by Crippen LogP contribution is 1.97. The molecule has 0 aromatic heterocycles. The summed E-state index contributed by atoms with van der Waals surface area (Å²) in [5.41, 5.74) is 11.0. The summed E-state index contributed by atoms with van der Waals surface area (Å²) >= 11 is 0. The molecule has 1 heterocycles. The van der Waals surface area contributed by atoms with Crippen LogP contribution in [0.5, 0.6) is 0 Å². The van der Waals surface area contributed by atoms with Gasteiger partial charge in [-0.15, -0.1) is 0 Å². The highest BCUT2D eigenvalue weighted by atomic mass is 16.2. The summed E-state index contributed by atoms with van der Waals surface area (Å²) in [6.07, 6.45) is 0. The Bertz CT molecular complexity index is 193. The van der Waals surface area contributed by atoms with Crippen LogP contribution in [0, 0.1) is 0 Å². The van der Waals surface area contributed by atoms with Gasteiger partial charge in [-0.05, 0) is 0 Å². The standard InChI is InChI=1S/C9H21N5O/c10-1-4-13(5-2-11)7-8-14-6-3-12-9(14)15/h1-8,10-11H2,(H,12,15). The van der Waals surface area contributed by atoms with Crippen LogP contribution in [0.3, 0.4) is 0 Å². The molecular weight excluding hydrogens is 194 g/mol. The number of carbonyl (C=O) groups excluding carboxylic acids is 1. The second kappa shape index (κ2) is 6.60. The van der Waals surface area contributed by atoms with E-state index in [1.54, 1.807) is 0 Å². The van der Waals surface area contributed by atoms with Gasteiger partial charge in [-0.25, -0.2) is 4.79 Å². The van der Waals surface area contributed by atoms with Crippen molar-refractivity contribution in [1.82, 2.24) is 15.1 Å². The average Bonchev–Trinajstić information content (AvgIpc) is 2.61. The molecule has 0 saturated carbocycles. The average molecular weight is 215 g/mol. The van der Waals surface area contributed by atoms with Crippen molar-refractivity contribution in [3.63, 3.8) is 0 Å². The molecule has 6 nitrogen and oxygen atoms in total. The lowest BCUT2D eigenvalue weighted by atomic mass is 10.4. The van der Waals surface area contributed by atoms with Gasteiger partial charge < -0.3 is 21.7 Å². The molecule has 15 heavy (non-hydrogen) atoms. The summed E-state index contributed by atoms with van der Waals surface area (Å²) in [4.78, 5) is 15.3. The van der Waals surface area contributed by atoms with Gasteiger partial charge in [0.1, 0.15) is 0 Å². The van der Waals surface area contributed by atoms with Crippen molar-refractivity contribution in [2.24, 2.45) is 11.5 Å². The Morgan fingerprint density at radius 2 is 1.93 bits per heavy atom. The molecule has 2 amide bonds. The zero-order chi connectivity index (χ0) is 11.1. The molecule has 1 rings (SSSR count). The Hall–Kier alpha value is -0.850. The molecule has 0 aromatic carbocycles. The first-order valence-electron chi connectivity index (χ1n) is 5.43. The van der Waals surface area contributed by atoms with E-state index in [0.29, 0.717) is 13.1 Å². The quantitative estimate of drug-likeness (QED) is 0.469. The highest BCUT2D eigenvalue weighted by molar-refractivity contribution is 5.76. The monoisotopic (exact) mass is 215 g/mol. The molecular formula is C9H21N5O. The number of amides is 2. The summed E-state index contributed by atoms with van der Waals surface area (Å²) < 4.78 is 0. The Balaban J connectivity index is 2.22. The number of nitrogens with zero attached hydrogens (tertiary/aromatic N) is 2. The van der Waals surface area contributed by atoms with Crippen LogP contribution in [0.25, 0.3) is 0 Å². The van der Waals surface area contributed by atoms with E-state index in [0.717, 1.165) is 39.3 Å². The van der Waals surface area contributed by atoms with Crippen LogP contribution in [0.1, 0.15) is 0 Å². The molecule has 1 saturated heterocycles. The lowest BCUT2D eigenvalue weighted by molar-refractivity contribution is 0.203. The fourth-order valence-corrected chi connectivity index (χ4v) is 1.69. The van der Waals surface area contributed by atoms with Gasteiger partial charge in [0.25, 0.3) is 0 Å². The zero-order valence-electron chi connectivity index (χ0n) is 9.11. The summed E-state index contributed by atoms with van der Waals surface area (Å²) in [5.74, 6) is 0. The Kier molecular flexibility index (Phi) is 5.38. The van der Waals surface area contributed by atoms with Gasteiger partial charge in [-0.1, -0.05) is 0 Å². The second-order valence-electron chi connectivity index (χ2n) is 3.64. The lowest BCUT2D eigenvalue weighted by Gasteiger charge is -2.23. The van der Waals surface area contributed by atoms with Crippen LogP contribution >= 0.6 is 0 Å². The maximum atomic E-state index is 11.2. The Morgan fingerprint density at radius 3 is 2.40 bits per heavy atom. The summed E-state index contributed by atoms with van der Waals surface area (Å²) in [7, 11) is 0. The first-order chi connectivity index (χ1) is 7.27. The fraction of sp³-hybridized carbons (Fsp3) is 0.889. The van der Waals surface area contributed by atoms with Gasteiger partial charge in [0.2, 0.25) is 0 Å². The first kappa shape index (κ1) is 12.2. The van der Waals surface area contributed by atoms with Crippen LogP contribution < -0.4 is 16.8 Å². The highest BCUT2D eigenvalue weighted by Gasteiger charge is 2.19. The number of hydrogen-bond donors (Lipinski definition) is 3. The minimum atomic E-state index is 0.0375. The van der Waals surface area contributed by atoms with E-state index in [2.05, 4.69) is 10.2 Å². The van der Waals surface area contributed by atoms with Gasteiger partial charge in [0.05, 0.1) is 0 Å². The Morgan fingerprint density at radius 1 is 1.27 bits per heavy atom. The van der Waals surface area contributed by atoms with Gasteiger partial charge >= 0.3 is 6.03 Å². The molecule has 0 bridgehead atoms. The predicted octanol–water partition coefficient (Wildman–Crippen LogP) is -1.77. The molecule has 5 N–H and O–H groups in total. The van der Waals surface area contributed by atoms with Gasteiger partial charge in [0.15, 0.2) is 0 Å². The SMILES string of the molecule is NCCN(CCN)CCN1CCNC1=O. The molecule has 1 aliphatic heterocycles. The van der Waals surface area contributed by atoms with Crippen molar-refractivity contribution < 1.29 is 4.79 Å². The Labute approximate surface area is 90.6 Å².